The van der Waals surface area contributed by atoms with Gasteiger partial charge in [-0.2, -0.15) is 0 Å². The number of rotatable bonds is 10. The second-order valence-corrected chi connectivity index (χ2v) is 6.88. The van der Waals surface area contributed by atoms with Gasteiger partial charge >= 0.3 is 11.9 Å². The molecule has 0 radical (unpaired) electrons. The zero-order valence-electron chi connectivity index (χ0n) is 18.2. The molecule has 3 rings (SSSR count). The fourth-order valence-corrected chi connectivity index (χ4v) is 2.90. The van der Waals surface area contributed by atoms with Crippen molar-refractivity contribution < 1.29 is 28.5 Å². The van der Waals surface area contributed by atoms with Gasteiger partial charge in [-0.1, -0.05) is 24.3 Å². The van der Waals surface area contributed by atoms with E-state index in [4.69, 9.17) is 18.9 Å². The van der Waals surface area contributed by atoms with Crippen LogP contribution in [0.2, 0.25) is 0 Å². The zero-order valence-corrected chi connectivity index (χ0v) is 18.2. The summed E-state index contributed by atoms with van der Waals surface area (Å²) in [5.74, 6) is 0.619. The molecule has 0 saturated carbocycles. The predicted molar refractivity (Wildman–Crippen MR) is 120 cm³/mol. The molecule has 166 valence electrons. The van der Waals surface area contributed by atoms with Crippen molar-refractivity contribution >= 4 is 11.9 Å². The van der Waals surface area contributed by atoms with Crippen LogP contribution in [0.1, 0.15) is 45.7 Å². The van der Waals surface area contributed by atoms with E-state index in [1.54, 1.807) is 48.5 Å². The molecule has 0 heterocycles. The van der Waals surface area contributed by atoms with Crippen LogP contribution in [-0.2, 0) is 22.7 Å². The minimum Gasteiger partial charge on any atom is -0.494 e. The molecular formula is C26H26O6. The van der Waals surface area contributed by atoms with Gasteiger partial charge in [-0.05, 0) is 73.5 Å². The van der Waals surface area contributed by atoms with E-state index in [1.165, 1.54) is 0 Å². The average Bonchev–Trinajstić information content (AvgIpc) is 2.83. The van der Waals surface area contributed by atoms with E-state index in [0.29, 0.717) is 35.8 Å². The summed E-state index contributed by atoms with van der Waals surface area (Å²) in [6.45, 7) is 5.25. The lowest BCUT2D eigenvalue weighted by Gasteiger charge is -2.08. The van der Waals surface area contributed by atoms with E-state index < -0.39 is 11.9 Å². The molecule has 0 aliphatic carbocycles. The lowest BCUT2D eigenvalue weighted by atomic mass is 10.1. The lowest BCUT2D eigenvalue weighted by molar-refractivity contribution is 0.0460. The first-order valence-corrected chi connectivity index (χ1v) is 10.5. The van der Waals surface area contributed by atoms with Crippen molar-refractivity contribution in [1.29, 1.82) is 0 Å². The first kappa shape index (κ1) is 22.9. The molecule has 6 heteroatoms. The second-order valence-electron chi connectivity index (χ2n) is 6.88. The highest BCUT2D eigenvalue weighted by Gasteiger charge is 2.09. The van der Waals surface area contributed by atoms with E-state index in [9.17, 15) is 9.59 Å². The Hall–Kier alpha value is -3.80. The van der Waals surface area contributed by atoms with Crippen molar-refractivity contribution in [2.45, 2.75) is 27.1 Å². The van der Waals surface area contributed by atoms with Crippen molar-refractivity contribution in [2.75, 3.05) is 13.2 Å². The monoisotopic (exact) mass is 434 g/mol. The van der Waals surface area contributed by atoms with Gasteiger partial charge in [0.05, 0.1) is 24.3 Å². The Morgan fingerprint density at radius 1 is 0.562 bits per heavy atom. The molecule has 6 nitrogen and oxygen atoms in total. The summed E-state index contributed by atoms with van der Waals surface area (Å²) in [6, 6.07) is 21.0. The number of carbonyl (C=O) groups excluding carboxylic acids is 2. The largest absolute Gasteiger partial charge is 0.494 e. The Morgan fingerprint density at radius 2 is 0.906 bits per heavy atom. The third-order valence-electron chi connectivity index (χ3n) is 4.56. The highest BCUT2D eigenvalue weighted by Crippen LogP contribution is 2.15. The van der Waals surface area contributed by atoms with Gasteiger partial charge in [-0.15, -0.1) is 0 Å². The third kappa shape index (κ3) is 6.60. The van der Waals surface area contributed by atoms with Gasteiger partial charge in [0.15, 0.2) is 0 Å². The molecule has 0 aliphatic heterocycles. The van der Waals surface area contributed by atoms with Crippen LogP contribution in [0.5, 0.6) is 11.5 Å². The standard InChI is InChI=1S/C26H26O6/c1-3-29-23-13-9-21(10-14-23)25(27)31-17-19-5-7-20(8-6-19)18-32-26(28)22-11-15-24(16-12-22)30-4-2/h5-16H,3-4,17-18H2,1-2H3. The average molecular weight is 434 g/mol. The number of benzene rings is 3. The lowest BCUT2D eigenvalue weighted by Crippen LogP contribution is -2.06. The molecule has 3 aromatic carbocycles. The van der Waals surface area contributed by atoms with Crippen LogP contribution in [0.15, 0.2) is 72.8 Å². The Kier molecular flexibility index (Phi) is 8.26. The first-order valence-electron chi connectivity index (χ1n) is 10.5. The van der Waals surface area contributed by atoms with E-state index in [2.05, 4.69) is 0 Å². The van der Waals surface area contributed by atoms with Crippen molar-refractivity contribution in [2.24, 2.45) is 0 Å². The number of hydrogen-bond acceptors (Lipinski definition) is 6. The van der Waals surface area contributed by atoms with Crippen molar-refractivity contribution in [3.63, 3.8) is 0 Å². The molecule has 0 amide bonds. The smallest absolute Gasteiger partial charge is 0.338 e. The summed E-state index contributed by atoms with van der Waals surface area (Å²) in [6.07, 6.45) is 0. The number of hydrogen-bond donors (Lipinski definition) is 0. The van der Waals surface area contributed by atoms with Gasteiger partial charge in [0.25, 0.3) is 0 Å². The van der Waals surface area contributed by atoms with Gasteiger partial charge in [0, 0.05) is 0 Å². The van der Waals surface area contributed by atoms with Crippen LogP contribution in [0.4, 0.5) is 0 Å². The van der Waals surface area contributed by atoms with Gasteiger partial charge < -0.3 is 18.9 Å². The molecule has 0 aliphatic rings. The molecule has 0 aromatic heterocycles. The fraction of sp³-hybridized carbons (Fsp3) is 0.231. The Balaban J connectivity index is 1.46. The maximum atomic E-state index is 12.2. The highest BCUT2D eigenvalue weighted by molar-refractivity contribution is 5.90. The van der Waals surface area contributed by atoms with Crippen molar-refractivity contribution in [3.05, 3.63) is 95.1 Å². The van der Waals surface area contributed by atoms with E-state index in [-0.39, 0.29) is 13.2 Å². The topological polar surface area (TPSA) is 71.1 Å². The number of esters is 2. The Labute approximate surface area is 187 Å². The molecule has 32 heavy (non-hydrogen) atoms. The van der Waals surface area contributed by atoms with Crippen LogP contribution in [0.25, 0.3) is 0 Å². The molecule has 3 aromatic rings. The van der Waals surface area contributed by atoms with Crippen molar-refractivity contribution in [1.82, 2.24) is 0 Å². The van der Waals surface area contributed by atoms with Crippen LogP contribution >= 0.6 is 0 Å². The minimum atomic E-state index is -0.401. The summed E-state index contributed by atoms with van der Waals surface area (Å²) < 4.78 is 21.5. The Bertz CT molecular complexity index is 923. The van der Waals surface area contributed by atoms with E-state index >= 15 is 0 Å². The van der Waals surface area contributed by atoms with Gasteiger partial charge in [0.1, 0.15) is 24.7 Å². The zero-order chi connectivity index (χ0) is 22.8. The normalized spacial score (nSPS) is 10.3. The Morgan fingerprint density at radius 3 is 1.22 bits per heavy atom. The van der Waals surface area contributed by atoms with Crippen LogP contribution < -0.4 is 9.47 Å². The quantitative estimate of drug-likeness (QED) is 0.409. The second kappa shape index (κ2) is 11.6. The molecule has 0 bridgehead atoms. The van der Waals surface area contributed by atoms with E-state index in [1.807, 2.05) is 38.1 Å². The molecular weight excluding hydrogens is 408 g/mol. The van der Waals surface area contributed by atoms with E-state index in [0.717, 1.165) is 11.1 Å². The van der Waals surface area contributed by atoms with Crippen LogP contribution in [0.3, 0.4) is 0 Å². The third-order valence-corrected chi connectivity index (χ3v) is 4.56. The van der Waals surface area contributed by atoms with Gasteiger partial charge in [-0.25, -0.2) is 9.59 Å². The summed E-state index contributed by atoms with van der Waals surface area (Å²) in [4.78, 5) is 24.4. The first-order chi connectivity index (χ1) is 15.6. The molecule has 0 N–H and O–H groups in total. The molecule has 0 fully saturated rings. The maximum Gasteiger partial charge on any atom is 0.338 e. The number of ether oxygens (including phenoxy) is 4. The SMILES string of the molecule is CCOc1ccc(C(=O)OCc2ccc(COC(=O)c3ccc(OCC)cc3)cc2)cc1. The van der Waals surface area contributed by atoms with Gasteiger partial charge in [0.2, 0.25) is 0 Å². The summed E-state index contributed by atoms with van der Waals surface area (Å²) >= 11 is 0. The van der Waals surface area contributed by atoms with Crippen LogP contribution in [-0.4, -0.2) is 25.2 Å². The predicted octanol–water partition coefficient (Wildman–Crippen LogP) is 5.20. The molecule has 0 spiro atoms. The maximum absolute atomic E-state index is 12.2. The molecule has 0 saturated heterocycles. The van der Waals surface area contributed by atoms with Crippen LogP contribution in [0, 0.1) is 0 Å². The summed E-state index contributed by atoms with van der Waals surface area (Å²) in [5, 5.41) is 0. The fourth-order valence-electron chi connectivity index (χ4n) is 2.90. The minimum absolute atomic E-state index is 0.151. The highest BCUT2D eigenvalue weighted by atomic mass is 16.5. The van der Waals surface area contributed by atoms with Crippen molar-refractivity contribution in [3.8, 4) is 11.5 Å². The summed E-state index contributed by atoms with van der Waals surface area (Å²) in [7, 11) is 0. The molecule has 0 atom stereocenters. The number of carbonyl (C=O) groups is 2. The summed E-state index contributed by atoms with van der Waals surface area (Å²) in [5.41, 5.74) is 2.61. The molecule has 0 unspecified atom stereocenters. The van der Waals surface area contributed by atoms with Gasteiger partial charge in [-0.3, -0.25) is 0 Å².